The number of rotatable bonds is 7. The van der Waals surface area contributed by atoms with Crippen molar-refractivity contribution in [3.05, 3.63) is 29.8 Å². The number of carbonyl (C=O) groups is 1. The van der Waals surface area contributed by atoms with Gasteiger partial charge in [-0.1, -0.05) is 18.2 Å². The predicted octanol–water partition coefficient (Wildman–Crippen LogP) is 1.11. The lowest BCUT2D eigenvalue weighted by atomic mass is 10.1. The summed E-state index contributed by atoms with van der Waals surface area (Å²) in [5.74, 6) is 0.806. The van der Waals surface area contributed by atoms with Gasteiger partial charge in [0.15, 0.2) is 0 Å². The molecule has 0 bridgehead atoms. The highest BCUT2D eigenvalue weighted by Crippen LogP contribution is 2.18. The van der Waals surface area contributed by atoms with Crippen molar-refractivity contribution < 1.29 is 9.53 Å². The Morgan fingerprint density at radius 1 is 1.33 bits per heavy atom. The lowest BCUT2D eigenvalue weighted by Gasteiger charge is -2.09. The standard InChI is InChI=1S/C14H20N2O2/c1-18-13-5-3-2-4-11(13)10-14(17)16-9-8-15-12-6-7-12/h2-5,12,15H,6-10H2,1H3,(H,16,17). The Kier molecular flexibility index (Phi) is 4.59. The zero-order valence-corrected chi connectivity index (χ0v) is 10.7. The smallest absolute Gasteiger partial charge is 0.224 e. The molecule has 98 valence electrons. The summed E-state index contributed by atoms with van der Waals surface area (Å²) in [5, 5.41) is 6.27. The average molecular weight is 248 g/mol. The fourth-order valence-electron chi connectivity index (χ4n) is 1.85. The molecule has 0 aromatic heterocycles. The Morgan fingerprint density at radius 3 is 2.83 bits per heavy atom. The Labute approximate surface area is 108 Å². The fraction of sp³-hybridized carbons (Fsp3) is 0.500. The van der Waals surface area contributed by atoms with E-state index in [9.17, 15) is 4.79 Å². The van der Waals surface area contributed by atoms with Crippen LogP contribution in [0.2, 0.25) is 0 Å². The van der Waals surface area contributed by atoms with Crippen molar-refractivity contribution in [2.75, 3.05) is 20.2 Å². The lowest BCUT2D eigenvalue weighted by molar-refractivity contribution is -0.120. The molecule has 1 aromatic carbocycles. The molecule has 2 rings (SSSR count). The molecule has 1 amide bonds. The number of hydrogen-bond acceptors (Lipinski definition) is 3. The summed E-state index contributed by atoms with van der Waals surface area (Å²) in [5.41, 5.74) is 0.924. The zero-order chi connectivity index (χ0) is 12.8. The largest absolute Gasteiger partial charge is 0.496 e. The van der Waals surface area contributed by atoms with Crippen molar-refractivity contribution in [3.8, 4) is 5.75 Å². The minimum atomic E-state index is 0.0390. The Morgan fingerprint density at radius 2 is 2.11 bits per heavy atom. The van der Waals surface area contributed by atoms with Crippen molar-refractivity contribution in [1.82, 2.24) is 10.6 Å². The normalized spacial score (nSPS) is 14.3. The van der Waals surface area contributed by atoms with Gasteiger partial charge in [0.05, 0.1) is 13.5 Å². The van der Waals surface area contributed by atoms with Crippen molar-refractivity contribution in [2.45, 2.75) is 25.3 Å². The first-order valence-corrected chi connectivity index (χ1v) is 6.41. The van der Waals surface area contributed by atoms with Gasteiger partial charge in [-0.2, -0.15) is 0 Å². The van der Waals surface area contributed by atoms with E-state index in [1.807, 2.05) is 24.3 Å². The maximum atomic E-state index is 11.7. The maximum absolute atomic E-state index is 11.7. The highest BCUT2D eigenvalue weighted by Gasteiger charge is 2.19. The van der Waals surface area contributed by atoms with E-state index in [-0.39, 0.29) is 5.91 Å². The van der Waals surface area contributed by atoms with E-state index in [1.165, 1.54) is 12.8 Å². The molecule has 1 aliphatic rings. The summed E-state index contributed by atoms with van der Waals surface area (Å²) >= 11 is 0. The van der Waals surface area contributed by atoms with E-state index in [0.29, 0.717) is 19.0 Å². The van der Waals surface area contributed by atoms with Crippen molar-refractivity contribution in [1.29, 1.82) is 0 Å². The molecule has 4 nitrogen and oxygen atoms in total. The van der Waals surface area contributed by atoms with E-state index < -0.39 is 0 Å². The predicted molar refractivity (Wildman–Crippen MR) is 70.7 cm³/mol. The molecule has 0 spiro atoms. The van der Waals surface area contributed by atoms with Crippen LogP contribution in [-0.2, 0) is 11.2 Å². The Bertz CT molecular complexity index is 403. The number of para-hydroxylation sites is 1. The monoisotopic (exact) mass is 248 g/mol. The van der Waals surface area contributed by atoms with Crippen LogP contribution >= 0.6 is 0 Å². The number of methoxy groups -OCH3 is 1. The van der Waals surface area contributed by atoms with Gasteiger partial charge in [-0.15, -0.1) is 0 Å². The Hall–Kier alpha value is -1.55. The number of amides is 1. The summed E-state index contributed by atoms with van der Waals surface area (Å²) in [4.78, 5) is 11.7. The van der Waals surface area contributed by atoms with Gasteiger partial charge in [0, 0.05) is 24.7 Å². The quantitative estimate of drug-likeness (QED) is 0.711. The highest BCUT2D eigenvalue weighted by atomic mass is 16.5. The number of hydrogen-bond donors (Lipinski definition) is 2. The van der Waals surface area contributed by atoms with E-state index >= 15 is 0 Å². The molecule has 0 aliphatic heterocycles. The molecule has 0 unspecified atom stereocenters. The third-order valence-electron chi connectivity index (χ3n) is 3.00. The molecule has 1 fully saturated rings. The fourth-order valence-corrected chi connectivity index (χ4v) is 1.85. The van der Waals surface area contributed by atoms with E-state index in [0.717, 1.165) is 17.9 Å². The molecule has 1 aromatic rings. The number of ether oxygens (including phenoxy) is 1. The second-order valence-corrected chi connectivity index (χ2v) is 4.57. The van der Waals surface area contributed by atoms with Crippen molar-refractivity contribution in [2.24, 2.45) is 0 Å². The minimum Gasteiger partial charge on any atom is -0.496 e. The molecule has 0 radical (unpaired) electrons. The van der Waals surface area contributed by atoms with Crippen molar-refractivity contribution in [3.63, 3.8) is 0 Å². The van der Waals surface area contributed by atoms with Gasteiger partial charge in [-0.05, 0) is 18.9 Å². The molecule has 2 N–H and O–H groups in total. The third kappa shape index (κ3) is 4.04. The molecular weight excluding hydrogens is 228 g/mol. The van der Waals surface area contributed by atoms with Crippen LogP contribution in [0.15, 0.2) is 24.3 Å². The van der Waals surface area contributed by atoms with Crippen LogP contribution in [0.5, 0.6) is 5.75 Å². The first-order valence-electron chi connectivity index (χ1n) is 6.41. The second-order valence-electron chi connectivity index (χ2n) is 4.57. The molecule has 18 heavy (non-hydrogen) atoms. The van der Waals surface area contributed by atoms with Gasteiger partial charge in [0.25, 0.3) is 0 Å². The second kappa shape index (κ2) is 6.40. The number of nitrogens with one attached hydrogen (secondary N) is 2. The number of carbonyl (C=O) groups excluding carboxylic acids is 1. The molecule has 0 saturated heterocycles. The summed E-state index contributed by atoms with van der Waals surface area (Å²) in [7, 11) is 1.62. The van der Waals surface area contributed by atoms with Gasteiger partial charge < -0.3 is 15.4 Å². The van der Waals surface area contributed by atoms with Gasteiger partial charge in [0.2, 0.25) is 5.91 Å². The Balaban J connectivity index is 1.71. The molecular formula is C14H20N2O2. The molecule has 0 heterocycles. The van der Waals surface area contributed by atoms with Crippen LogP contribution in [0.1, 0.15) is 18.4 Å². The van der Waals surface area contributed by atoms with Gasteiger partial charge >= 0.3 is 0 Å². The minimum absolute atomic E-state index is 0.0390. The van der Waals surface area contributed by atoms with Crippen LogP contribution in [-0.4, -0.2) is 32.1 Å². The van der Waals surface area contributed by atoms with Crippen LogP contribution < -0.4 is 15.4 Å². The van der Waals surface area contributed by atoms with Crippen LogP contribution in [0.4, 0.5) is 0 Å². The van der Waals surface area contributed by atoms with Crippen molar-refractivity contribution >= 4 is 5.91 Å². The van der Waals surface area contributed by atoms with E-state index in [4.69, 9.17) is 4.74 Å². The van der Waals surface area contributed by atoms with Crippen LogP contribution in [0, 0.1) is 0 Å². The summed E-state index contributed by atoms with van der Waals surface area (Å²) in [6.45, 7) is 1.53. The van der Waals surface area contributed by atoms with E-state index in [1.54, 1.807) is 7.11 Å². The molecule has 4 heteroatoms. The zero-order valence-electron chi connectivity index (χ0n) is 10.7. The van der Waals surface area contributed by atoms with E-state index in [2.05, 4.69) is 10.6 Å². The van der Waals surface area contributed by atoms with Crippen LogP contribution in [0.25, 0.3) is 0 Å². The molecule has 1 aliphatic carbocycles. The molecule has 0 atom stereocenters. The summed E-state index contributed by atoms with van der Waals surface area (Å²) in [6, 6.07) is 8.30. The lowest BCUT2D eigenvalue weighted by Crippen LogP contribution is -2.33. The molecule has 1 saturated carbocycles. The first kappa shape index (κ1) is 12.9. The van der Waals surface area contributed by atoms with Gasteiger partial charge in [0.1, 0.15) is 5.75 Å². The highest BCUT2D eigenvalue weighted by molar-refractivity contribution is 5.79. The SMILES string of the molecule is COc1ccccc1CC(=O)NCCNC1CC1. The third-order valence-corrected chi connectivity index (χ3v) is 3.00. The summed E-state index contributed by atoms with van der Waals surface area (Å²) in [6.07, 6.45) is 2.91. The average Bonchev–Trinajstić information content (AvgIpc) is 3.19. The van der Waals surface area contributed by atoms with Gasteiger partial charge in [-0.3, -0.25) is 4.79 Å². The van der Waals surface area contributed by atoms with Crippen LogP contribution in [0.3, 0.4) is 0 Å². The van der Waals surface area contributed by atoms with Gasteiger partial charge in [-0.25, -0.2) is 0 Å². The first-order chi connectivity index (χ1) is 8.79. The maximum Gasteiger partial charge on any atom is 0.224 e. The topological polar surface area (TPSA) is 50.4 Å². The summed E-state index contributed by atoms with van der Waals surface area (Å²) < 4.78 is 5.22. The number of benzene rings is 1.